The van der Waals surface area contributed by atoms with Crippen LogP contribution in [-0.2, 0) is 9.53 Å². The van der Waals surface area contributed by atoms with Crippen LogP contribution in [0.1, 0.15) is 10.4 Å². The summed E-state index contributed by atoms with van der Waals surface area (Å²) >= 11 is 0. The Kier molecular flexibility index (Phi) is 5.29. The molecule has 0 aliphatic carbocycles. The Balaban J connectivity index is 1.31. The third kappa shape index (κ3) is 4.56. The molecule has 30 heavy (non-hydrogen) atoms. The van der Waals surface area contributed by atoms with Crippen LogP contribution in [0.15, 0.2) is 77.6 Å². The number of rotatable bonds is 6. The van der Waals surface area contributed by atoms with Crippen molar-refractivity contribution in [2.45, 2.75) is 0 Å². The zero-order chi connectivity index (χ0) is 20.9. The number of amides is 1. The summed E-state index contributed by atoms with van der Waals surface area (Å²) in [5.74, 6) is 0.145. The van der Waals surface area contributed by atoms with Crippen LogP contribution in [0.4, 0.5) is 5.69 Å². The summed E-state index contributed by atoms with van der Waals surface area (Å²) < 4.78 is 10.7. The minimum Gasteiger partial charge on any atom is -0.457 e. The molecule has 0 radical (unpaired) electrons. The molecule has 8 heteroatoms. The van der Waals surface area contributed by atoms with Crippen LogP contribution in [0.3, 0.4) is 0 Å². The zero-order valence-corrected chi connectivity index (χ0v) is 15.7. The fraction of sp³-hybridized carbons (Fsp3) is 0.0455. The van der Waals surface area contributed by atoms with Crippen LogP contribution in [0, 0.1) is 0 Å². The number of para-hydroxylation sites is 1. The van der Waals surface area contributed by atoms with Crippen LogP contribution in [0.5, 0.6) is 11.5 Å². The molecule has 3 aromatic carbocycles. The number of esters is 1. The highest BCUT2D eigenvalue weighted by Crippen LogP contribution is 2.21. The van der Waals surface area contributed by atoms with Gasteiger partial charge < -0.3 is 24.8 Å². The quantitative estimate of drug-likeness (QED) is 0.427. The first-order valence-electron chi connectivity index (χ1n) is 9.09. The van der Waals surface area contributed by atoms with Crippen LogP contribution < -0.4 is 15.7 Å². The lowest BCUT2D eigenvalue weighted by molar-refractivity contribution is -0.119. The summed E-state index contributed by atoms with van der Waals surface area (Å²) in [6.45, 7) is -0.442. The van der Waals surface area contributed by atoms with Gasteiger partial charge in [0.2, 0.25) is 0 Å². The molecule has 1 aromatic heterocycles. The third-order valence-corrected chi connectivity index (χ3v) is 4.20. The number of aromatic amines is 2. The summed E-state index contributed by atoms with van der Waals surface area (Å²) in [4.78, 5) is 40.7. The molecule has 8 nitrogen and oxygen atoms in total. The van der Waals surface area contributed by atoms with Gasteiger partial charge in [0.05, 0.1) is 16.6 Å². The Morgan fingerprint density at radius 2 is 1.53 bits per heavy atom. The predicted molar refractivity (Wildman–Crippen MR) is 111 cm³/mol. The van der Waals surface area contributed by atoms with Crippen LogP contribution in [0.2, 0.25) is 0 Å². The molecule has 150 valence electrons. The molecule has 0 saturated heterocycles. The smallest absolute Gasteiger partial charge is 0.338 e. The van der Waals surface area contributed by atoms with E-state index in [0.29, 0.717) is 33.8 Å². The monoisotopic (exact) mass is 403 g/mol. The number of ether oxygens (including phenoxy) is 2. The van der Waals surface area contributed by atoms with Crippen molar-refractivity contribution in [1.29, 1.82) is 0 Å². The van der Waals surface area contributed by atoms with E-state index in [1.807, 2.05) is 30.3 Å². The van der Waals surface area contributed by atoms with E-state index >= 15 is 0 Å². The second-order valence-electron chi connectivity index (χ2n) is 6.40. The Morgan fingerprint density at radius 3 is 2.30 bits per heavy atom. The third-order valence-electron chi connectivity index (χ3n) is 4.20. The van der Waals surface area contributed by atoms with Crippen molar-refractivity contribution in [3.8, 4) is 11.5 Å². The summed E-state index contributed by atoms with van der Waals surface area (Å²) in [7, 11) is 0. The first-order chi connectivity index (χ1) is 14.6. The molecule has 0 spiro atoms. The van der Waals surface area contributed by atoms with E-state index in [4.69, 9.17) is 9.47 Å². The molecule has 3 N–H and O–H groups in total. The van der Waals surface area contributed by atoms with Crippen molar-refractivity contribution < 1.29 is 19.1 Å². The number of hydrogen-bond donors (Lipinski definition) is 3. The van der Waals surface area contributed by atoms with E-state index in [0.717, 1.165) is 0 Å². The van der Waals surface area contributed by atoms with Crippen LogP contribution in [0.25, 0.3) is 11.0 Å². The maximum Gasteiger partial charge on any atom is 0.338 e. The van der Waals surface area contributed by atoms with Gasteiger partial charge in [0.1, 0.15) is 11.5 Å². The Morgan fingerprint density at radius 1 is 0.833 bits per heavy atom. The molecule has 0 bridgehead atoms. The number of aromatic nitrogens is 2. The maximum absolute atomic E-state index is 12.2. The molecule has 0 aliphatic heterocycles. The molecule has 1 heterocycles. The summed E-state index contributed by atoms with van der Waals surface area (Å²) in [5, 5.41) is 2.61. The highest BCUT2D eigenvalue weighted by Gasteiger charge is 2.11. The van der Waals surface area contributed by atoms with Crippen molar-refractivity contribution in [3.05, 3.63) is 88.8 Å². The molecule has 0 saturated carbocycles. The van der Waals surface area contributed by atoms with Gasteiger partial charge in [-0.1, -0.05) is 18.2 Å². The zero-order valence-electron chi connectivity index (χ0n) is 15.7. The molecule has 0 aliphatic rings. The summed E-state index contributed by atoms with van der Waals surface area (Å²) in [6, 6.07) is 20.6. The maximum atomic E-state index is 12.2. The number of nitrogens with one attached hydrogen (secondary N) is 3. The van der Waals surface area contributed by atoms with E-state index in [2.05, 4.69) is 15.3 Å². The van der Waals surface area contributed by atoms with Gasteiger partial charge in [-0.3, -0.25) is 4.79 Å². The van der Waals surface area contributed by atoms with Gasteiger partial charge in [0, 0.05) is 5.69 Å². The van der Waals surface area contributed by atoms with E-state index < -0.39 is 18.5 Å². The topological polar surface area (TPSA) is 113 Å². The first-order valence-corrected chi connectivity index (χ1v) is 9.09. The Labute approximate surface area is 170 Å². The first kappa shape index (κ1) is 19.0. The molecule has 0 atom stereocenters. The second kappa shape index (κ2) is 8.36. The summed E-state index contributed by atoms with van der Waals surface area (Å²) in [5.41, 5.74) is 1.63. The molecule has 1 amide bonds. The minimum absolute atomic E-state index is 0.300. The normalized spacial score (nSPS) is 10.5. The number of hydrogen-bond acceptors (Lipinski definition) is 5. The van der Waals surface area contributed by atoms with Gasteiger partial charge in [-0.25, -0.2) is 9.59 Å². The molecular formula is C22H17N3O5. The molecule has 4 rings (SSSR count). The number of anilines is 1. The Bertz CT molecular complexity index is 1240. The van der Waals surface area contributed by atoms with Crippen molar-refractivity contribution in [1.82, 2.24) is 9.97 Å². The standard InChI is InChI=1S/C22H17N3O5/c26-20(23-15-8-11-18-19(12-15)25-22(28)24-18)13-29-21(27)14-6-9-17(10-7-14)30-16-4-2-1-3-5-16/h1-12H,13H2,(H,23,26)(H2,24,25,28). The van der Waals surface area contributed by atoms with E-state index in [1.165, 1.54) is 0 Å². The van der Waals surface area contributed by atoms with E-state index in [1.54, 1.807) is 42.5 Å². The van der Waals surface area contributed by atoms with Crippen molar-refractivity contribution in [3.63, 3.8) is 0 Å². The average molecular weight is 403 g/mol. The van der Waals surface area contributed by atoms with Gasteiger partial charge in [-0.2, -0.15) is 0 Å². The lowest BCUT2D eigenvalue weighted by Crippen LogP contribution is -2.20. The summed E-state index contributed by atoms with van der Waals surface area (Å²) in [6.07, 6.45) is 0. The van der Waals surface area contributed by atoms with Crippen molar-refractivity contribution >= 4 is 28.6 Å². The van der Waals surface area contributed by atoms with Crippen molar-refractivity contribution in [2.24, 2.45) is 0 Å². The molecule has 0 unspecified atom stereocenters. The van der Waals surface area contributed by atoms with E-state index in [9.17, 15) is 14.4 Å². The number of H-pyrrole nitrogens is 2. The Hall–Kier alpha value is -4.33. The number of carbonyl (C=O) groups is 2. The van der Waals surface area contributed by atoms with Gasteiger partial charge >= 0.3 is 11.7 Å². The van der Waals surface area contributed by atoms with Crippen LogP contribution in [-0.4, -0.2) is 28.5 Å². The lowest BCUT2D eigenvalue weighted by atomic mass is 10.2. The number of fused-ring (bicyclic) bond motifs is 1. The second-order valence-corrected chi connectivity index (χ2v) is 6.40. The van der Waals surface area contributed by atoms with Gasteiger partial charge in [0.25, 0.3) is 5.91 Å². The predicted octanol–water partition coefficient (Wildman–Crippen LogP) is 3.44. The van der Waals surface area contributed by atoms with Gasteiger partial charge in [0.15, 0.2) is 6.61 Å². The molecule has 4 aromatic rings. The van der Waals surface area contributed by atoms with Crippen molar-refractivity contribution in [2.75, 3.05) is 11.9 Å². The fourth-order valence-corrected chi connectivity index (χ4v) is 2.81. The SMILES string of the molecule is O=C(COC(=O)c1ccc(Oc2ccccc2)cc1)Nc1ccc2[nH]c(=O)[nH]c2c1. The number of benzene rings is 3. The molecule has 0 fully saturated rings. The largest absolute Gasteiger partial charge is 0.457 e. The fourth-order valence-electron chi connectivity index (χ4n) is 2.81. The lowest BCUT2D eigenvalue weighted by Gasteiger charge is -2.08. The minimum atomic E-state index is -0.623. The highest BCUT2D eigenvalue weighted by molar-refractivity contribution is 5.96. The van der Waals surface area contributed by atoms with Gasteiger partial charge in [-0.05, 0) is 54.6 Å². The number of carbonyl (C=O) groups excluding carboxylic acids is 2. The average Bonchev–Trinajstić information content (AvgIpc) is 3.12. The van der Waals surface area contributed by atoms with Gasteiger partial charge in [-0.15, -0.1) is 0 Å². The van der Waals surface area contributed by atoms with Crippen LogP contribution >= 0.6 is 0 Å². The van der Waals surface area contributed by atoms with E-state index in [-0.39, 0.29) is 5.69 Å². The molecular weight excluding hydrogens is 386 g/mol. The number of imidazole rings is 1. The highest BCUT2D eigenvalue weighted by atomic mass is 16.5.